The van der Waals surface area contributed by atoms with Crippen LogP contribution in [0.2, 0.25) is 0 Å². The van der Waals surface area contributed by atoms with Crippen LogP contribution in [0, 0.1) is 0 Å². The molecule has 0 amide bonds. The number of anilines is 1. The van der Waals surface area contributed by atoms with Crippen LogP contribution in [0.3, 0.4) is 0 Å². The molecule has 0 saturated carbocycles. The number of aromatic hydroxyl groups is 1. The number of nitrogens with zero attached hydrogens (tertiary/aromatic N) is 4. The van der Waals surface area contributed by atoms with Crippen molar-refractivity contribution in [1.82, 2.24) is 4.98 Å². The molecule has 0 radical (unpaired) electrons. The predicted molar refractivity (Wildman–Crippen MR) is 86.2 cm³/mol. The molecule has 0 aliphatic heterocycles. The molecule has 21 heavy (non-hydrogen) atoms. The molecule has 0 aliphatic carbocycles. The summed E-state index contributed by atoms with van der Waals surface area (Å²) in [6, 6.07) is 12.9. The number of phenols is 1. The molecule has 6 heteroatoms. The molecule has 5 nitrogen and oxygen atoms in total. The highest BCUT2D eigenvalue weighted by Gasteiger charge is 2.03. The minimum atomic E-state index is 0.230. The van der Waals surface area contributed by atoms with Gasteiger partial charge in [-0.15, -0.1) is 10.2 Å². The maximum Gasteiger partial charge on any atom is 0.231 e. The lowest BCUT2D eigenvalue weighted by atomic mass is 10.3. The molecule has 3 aromatic rings. The first-order valence-corrected chi connectivity index (χ1v) is 7.22. The Morgan fingerprint density at radius 1 is 1.05 bits per heavy atom. The summed E-state index contributed by atoms with van der Waals surface area (Å²) in [5, 5.41) is 18.4. The Labute approximate surface area is 126 Å². The number of rotatable bonds is 3. The average Bonchev–Trinajstić information content (AvgIpc) is 2.87. The molecule has 1 aromatic heterocycles. The maximum atomic E-state index is 9.44. The molecule has 0 atom stereocenters. The second-order valence-electron chi connectivity index (χ2n) is 4.76. The number of thiazole rings is 1. The summed E-state index contributed by atoms with van der Waals surface area (Å²) in [6.07, 6.45) is 0. The topological polar surface area (TPSA) is 61.1 Å². The summed E-state index contributed by atoms with van der Waals surface area (Å²) in [5.41, 5.74) is 2.71. The van der Waals surface area contributed by atoms with E-state index in [0.717, 1.165) is 21.6 Å². The highest BCUT2D eigenvalue weighted by Crippen LogP contribution is 2.31. The van der Waals surface area contributed by atoms with Crippen molar-refractivity contribution in [3.05, 3.63) is 42.5 Å². The van der Waals surface area contributed by atoms with Crippen LogP contribution in [0.1, 0.15) is 0 Å². The molecule has 0 bridgehead atoms. The lowest BCUT2D eigenvalue weighted by Gasteiger charge is -2.11. The first-order chi connectivity index (χ1) is 10.1. The summed E-state index contributed by atoms with van der Waals surface area (Å²) < 4.78 is 0.895. The third kappa shape index (κ3) is 3.00. The summed E-state index contributed by atoms with van der Waals surface area (Å²) in [5.74, 6) is 0.230. The SMILES string of the molecule is CN(C)c1ccc(N=Nc2nc3ccc(O)cc3s2)cc1. The van der Waals surface area contributed by atoms with Crippen molar-refractivity contribution in [3.63, 3.8) is 0 Å². The first-order valence-electron chi connectivity index (χ1n) is 6.40. The van der Waals surface area contributed by atoms with Gasteiger partial charge in [0, 0.05) is 19.8 Å². The molecule has 2 aromatic carbocycles. The van der Waals surface area contributed by atoms with E-state index in [1.54, 1.807) is 18.2 Å². The van der Waals surface area contributed by atoms with Gasteiger partial charge >= 0.3 is 0 Å². The van der Waals surface area contributed by atoms with Crippen molar-refractivity contribution in [3.8, 4) is 5.75 Å². The second-order valence-corrected chi connectivity index (χ2v) is 5.77. The first kappa shape index (κ1) is 13.5. The van der Waals surface area contributed by atoms with Gasteiger partial charge in [0.05, 0.1) is 15.9 Å². The zero-order chi connectivity index (χ0) is 14.8. The third-order valence-electron chi connectivity index (χ3n) is 2.98. The van der Waals surface area contributed by atoms with Crippen LogP contribution in [0.15, 0.2) is 52.7 Å². The van der Waals surface area contributed by atoms with Gasteiger partial charge in [-0.05, 0) is 42.5 Å². The number of fused-ring (bicyclic) bond motifs is 1. The van der Waals surface area contributed by atoms with Gasteiger partial charge in [-0.2, -0.15) is 0 Å². The molecular weight excluding hydrogens is 284 g/mol. The Bertz CT molecular complexity index is 793. The van der Waals surface area contributed by atoms with Crippen molar-refractivity contribution in [2.45, 2.75) is 0 Å². The zero-order valence-electron chi connectivity index (χ0n) is 11.7. The van der Waals surface area contributed by atoms with E-state index in [4.69, 9.17) is 0 Å². The van der Waals surface area contributed by atoms with Crippen molar-refractivity contribution in [2.75, 3.05) is 19.0 Å². The van der Waals surface area contributed by atoms with Gasteiger partial charge in [0.1, 0.15) is 5.75 Å². The summed E-state index contributed by atoms with van der Waals surface area (Å²) in [7, 11) is 3.99. The molecule has 0 spiro atoms. The summed E-state index contributed by atoms with van der Waals surface area (Å²) in [6.45, 7) is 0. The fourth-order valence-corrected chi connectivity index (χ4v) is 2.68. The molecule has 106 valence electrons. The van der Waals surface area contributed by atoms with Gasteiger partial charge in [-0.25, -0.2) is 4.98 Å². The zero-order valence-corrected chi connectivity index (χ0v) is 12.5. The lowest BCUT2D eigenvalue weighted by Crippen LogP contribution is -2.07. The van der Waals surface area contributed by atoms with E-state index in [1.165, 1.54) is 11.3 Å². The van der Waals surface area contributed by atoms with Gasteiger partial charge in [0.15, 0.2) is 0 Å². The fourth-order valence-electron chi connectivity index (χ4n) is 1.86. The Balaban J connectivity index is 1.83. The van der Waals surface area contributed by atoms with Crippen LogP contribution in [0.5, 0.6) is 5.75 Å². The Morgan fingerprint density at radius 3 is 2.52 bits per heavy atom. The molecular formula is C15H14N4OS. The summed E-state index contributed by atoms with van der Waals surface area (Å²) in [4.78, 5) is 6.38. The van der Waals surface area contributed by atoms with Crippen LogP contribution in [0.4, 0.5) is 16.5 Å². The van der Waals surface area contributed by atoms with Gasteiger partial charge in [-0.3, -0.25) is 0 Å². The van der Waals surface area contributed by atoms with E-state index in [9.17, 15) is 5.11 Å². The largest absolute Gasteiger partial charge is 0.508 e. The number of aromatic nitrogens is 1. The lowest BCUT2D eigenvalue weighted by molar-refractivity contribution is 0.476. The van der Waals surface area contributed by atoms with Gasteiger partial charge in [-0.1, -0.05) is 11.3 Å². The molecule has 3 rings (SSSR count). The van der Waals surface area contributed by atoms with Gasteiger partial charge < -0.3 is 10.0 Å². The fraction of sp³-hybridized carbons (Fsp3) is 0.133. The van der Waals surface area contributed by atoms with Gasteiger partial charge in [0.2, 0.25) is 5.13 Å². The number of phenolic OH excluding ortho intramolecular Hbond substituents is 1. The van der Waals surface area contributed by atoms with E-state index in [-0.39, 0.29) is 5.75 Å². The smallest absolute Gasteiger partial charge is 0.231 e. The third-order valence-corrected chi connectivity index (χ3v) is 3.88. The predicted octanol–water partition coefficient (Wildman–Crippen LogP) is 4.48. The average molecular weight is 298 g/mol. The molecule has 0 fully saturated rings. The van der Waals surface area contributed by atoms with Crippen molar-refractivity contribution >= 4 is 38.1 Å². The molecule has 0 unspecified atom stereocenters. The van der Waals surface area contributed by atoms with E-state index >= 15 is 0 Å². The van der Waals surface area contributed by atoms with E-state index < -0.39 is 0 Å². The monoisotopic (exact) mass is 298 g/mol. The molecule has 0 aliphatic rings. The number of azo groups is 1. The quantitative estimate of drug-likeness (QED) is 0.725. The second kappa shape index (κ2) is 5.49. The van der Waals surface area contributed by atoms with Crippen molar-refractivity contribution in [2.24, 2.45) is 10.2 Å². The number of benzene rings is 2. The highest BCUT2D eigenvalue weighted by atomic mass is 32.1. The molecule has 0 saturated heterocycles. The van der Waals surface area contributed by atoms with Crippen LogP contribution in [-0.2, 0) is 0 Å². The normalized spacial score (nSPS) is 11.3. The van der Waals surface area contributed by atoms with Crippen LogP contribution >= 0.6 is 11.3 Å². The van der Waals surface area contributed by atoms with Crippen LogP contribution < -0.4 is 4.90 Å². The molecule has 1 heterocycles. The van der Waals surface area contributed by atoms with E-state index in [1.807, 2.05) is 43.3 Å². The van der Waals surface area contributed by atoms with E-state index in [0.29, 0.717) is 5.13 Å². The van der Waals surface area contributed by atoms with Crippen LogP contribution in [0.25, 0.3) is 10.2 Å². The number of hydrogen-bond acceptors (Lipinski definition) is 6. The highest BCUT2D eigenvalue weighted by molar-refractivity contribution is 7.21. The summed E-state index contributed by atoms with van der Waals surface area (Å²) >= 11 is 1.40. The van der Waals surface area contributed by atoms with Crippen molar-refractivity contribution in [1.29, 1.82) is 0 Å². The minimum absolute atomic E-state index is 0.230. The van der Waals surface area contributed by atoms with Gasteiger partial charge in [0.25, 0.3) is 0 Å². The standard InChI is InChI=1S/C15H14N4OS/c1-19(2)11-5-3-10(4-6-11)17-18-15-16-13-8-7-12(20)9-14(13)21-15/h3-9,20H,1-2H3. The Kier molecular flexibility index (Phi) is 3.53. The molecule has 1 N–H and O–H groups in total. The number of hydrogen-bond donors (Lipinski definition) is 1. The Hall–Kier alpha value is -2.47. The Morgan fingerprint density at radius 2 is 1.81 bits per heavy atom. The van der Waals surface area contributed by atoms with E-state index in [2.05, 4.69) is 15.2 Å². The van der Waals surface area contributed by atoms with Crippen LogP contribution in [-0.4, -0.2) is 24.2 Å². The van der Waals surface area contributed by atoms with Crippen molar-refractivity contribution < 1.29 is 5.11 Å². The maximum absolute atomic E-state index is 9.44. The minimum Gasteiger partial charge on any atom is -0.508 e.